The van der Waals surface area contributed by atoms with Crippen molar-refractivity contribution in [2.75, 3.05) is 11.9 Å². The molecule has 0 bridgehead atoms. The Balaban J connectivity index is 1.88. The predicted octanol–water partition coefficient (Wildman–Crippen LogP) is 2.46. The van der Waals surface area contributed by atoms with E-state index in [4.69, 9.17) is 0 Å². The molecular formula is C15H15BrN2O4S. The summed E-state index contributed by atoms with van der Waals surface area (Å²) in [6, 6.07) is 12.4. The number of rotatable bonds is 6. The van der Waals surface area contributed by atoms with E-state index in [-0.39, 0.29) is 29.5 Å². The van der Waals surface area contributed by atoms with Crippen LogP contribution in [0.3, 0.4) is 0 Å². The zero-order valence-corrected chi connectivity index (χ0v) is 14.4. The Hall–Kier alpha value is -1.90. The summed E-state index contributed by atoms with van der Waals surface area (Å²) in [6.45, 7) is -0.0283. The molecule has 6 nitrogen and oxygen atoms in total. The van der Waals surface area contributed by atoms with E-state index in [0.29, 0.717) is 10.2 Å². The van der Waals surface area contributed by atoms with E-state index < -0.39 is 10.0 Å². The van der Waals surface area contributed by atoms with Crippen molar-refractivity contribution in [2.24, 2.45) is 0 Å². The molecule has 2 aromatic rings. The van der Waals surface area contributed by atoms with Gasteiger partial charge in [0.25, 0.3) is 0 Å². The molecule has 3 N–H and O–H groups in total. The number of anilines is 1. The molecule has 0 heterocycles. The van der Waals surface area contributed by atoms with Gasteiger partial charge in [0.2, 0.25) is 15.9 Å². The Morgan fingerprint density at radius 1 is 1.13 bits per heavy atom. The summed E-state index contributed by atoms with van der Waals surface area (Å²) in [5.74, 6) is -0.314. The predicted molar refractivity (Wildman–Crippen MR) is 90.7 cm³/mol. The van der Waals surface area contributed by atoms with E-state index in [0.717, 1.165) is 0 Å². The van der Waals surface area contributed by atoms with Gasteiger partial charge in [-0.05, 0) is 30.3 Å². The van der Waals surface area contributed by atoms with Crippen molar-refractivity contribution < 1.29 is 18.3 Å². The first kappa shape index (κ1) is 17.5. The average Bonchev–Trinajstić information content (AvgIpc) is 2.47. The first-order valence-electron chi connectivity index (χ1n) is 6.71. The number of carbonyl (C=O) groups is 1. The normalized spacial score (nSPS) is 11.2. The monoisotopic (exact) mass is 398 g/mol. The van der Waals surface area contributed by atoms with Gasteiger partial charge < -0.3 is 10.4 Å². The highest BCUT2D eigenvalue weighted by molar-refractivity contribution is 9.10. The number of sulfonamides is 1. The van der Waals surface area contributed by atoms with Gasteiger partial charge in [-0.25, -0.2) is 13.1 Å². The number of phenolic OH excluding ortho intramolecular Hbond substituents is 1. The highest BCUT2D eigenvalue weighted by atomic mass is 79.9. The quantitative estimate of drug-likeness (QED) is 0.696. The van der Waals surface area contributed by atoms with Crippen LogP contribution in [-0.4, -0.2) is 26.0 Å². The summed E-state index contributed by atoms with van der Waals surface area (Å²) in [5.41, 5.74) is 0.449. The van der Waals surface area contributed by atoms with Crippen LogP contribution in [0.1, 0.15) is 6.42 Å². The number of benzene rings is 2. The maximum Gasteiger partial charge on any atom is 0.240 e. The highest BCUT2D eigenvalue weighted by Gasteiger charge is 2.14. The summed E-state index contributed by atoms with van der Waals surface area (Å²) in [5, 5.41) is 11.9. The standard InChI is InChI=1S/C15H15BrN2O4S/c16-11-3-1-6-14(9-11)23(21,22)17-8-7-15(20)18-12-4-2-5-13(19)10-12/h1-6,9-10,17,19H,7-8H2,(H,18,20). The Morgan fingerprint density at radius 3 is 2.57 bits per heavy atom. The van der Waals surface area contributed by atoms with Crippen LogP contribution in [0.5, 0.6) is 5.75 Å². The largest absolute Gasteiger partial charge is 0.508 e. The lowest BCUT2D eigenvalue weighted by atomic mass is 10.3. The fourth-order valence-electron chi connectivity index (χ4n) is 1.82. The van der Waals surface area contributed by atoms with Crippen LogP contribution in [0.25, 0.3) is 0 Å². The van der Waals surface area contributed by atoms with Gasteiger partial charge in [0.1, 0.15) is 5.75 Å². The van der Waals surface area contributed by atoms with Crippen LogP contribution >= 0.6 is 15.9 Å². The molecule has 2 aromatic carbocycles. The second-order valence-electron chi connectivity index (χ2n) is 4.70. The maximum absolute atomic E-state index is 12.1. The number of phenols is 1. The van der Waals surface area contributed by atoms with E-state index in [1.165, 1.54) is 24.3 Å². The SMILES string of the molecule is O=C(CCNS(=O)(=O)c1cccc(Br)c1)Nc1cccc(O)c1. The molecule has 23 heavy (non-hydrogen) atoms. The van der Waals surface area contributed by atoms with Crippen LogP contribution in [-0.2, 0) is 14.8 Å². The van der Waals surface area contributed by atoms with Gasteiger partial charge in [-0.15, -0.1) is 0 Å². The average molecular weight is 399 g/mol. The third-order valence-electron chi connectivity index (χ3n) is 2.88. The fraction of sp³-hybridized carbons (Fsp3) is 0.133. The zero-order chi connectivity index (χ0) is 16.9. The molecule has 0 atom stereocenters. The van der Waals surface area contributed by atoms with Gasteiger partial charge in [-0.1, -0.05) is 28.1 Å². The minimum absolute atomic E-state index is 0.0249. The van der Waals surface area contributed by atoms with Crippen molar-refractivity contribution in [2.45, 2.75) is 11.3 Å². The molecule has 2 rings (SSSR count). The summed E-state index contributed by atoms with van der Waals surface area (Å²) < 4.78 is 27.2. The number of halogens is 1. The third kappa shape index (κ3) is 5.34. The molecule has 122 valence electrons. The molecule has 0 aliphatic rings. The van der Waals surface area contributed by atoms with E-state index in [1.54, 1.807) is 24.3 Å². The third-order valence-corrected chi connectivity index (χ3v) is 4.83. The lowest BCUT2D eigenvalue weighted by molar-refractivity contribution is -0.116. The van der Waals surface area contributed by atoms with Crippen LogP contribution in [0.15, 0.2) is 57.9 Å². The summed E-state index contributed by atoms with van der Waals surface area (Å²) >= 11 is 3.21. The molecule has 1 amide bonds. The van der Waals surface area contributed by atoms with Crippen molar-refractivity contribution in [3.05, 3.63) is 53.0 Å². The maximum atomic E-state index is 12.1. The van der Waals surface area contributed by atoms with Gasteiger partial charge in [0.15, 0.2) is 0 Å². The molecule has 0 saturated carbocycles. The fourth-order valence-corrected chi connectivity index (χ4v) is 3.45. The van der Waals surface area contributed by atoms with Gasteiger partial charge >= 0.3 is 0 Å². The first-order valence-corrected chi connectivity index (χ1v) is 8.98. The number of aromatic hydroxyl groups is 1. The lowest BCUT2D eigenvalue weighted by Crippen LogP contribution is -2.27. The van der Waals surface area contributed by atoms with Crippen LogP contribution < -0.4 is 10.0 Å². The van der Waals surface area contributed by atoms with E-state index in [1.807, 2.05) is 0 Å². The minimum atomic E-state index is -3.66. The Morgan fingerprint density at radius 2 is 1.87 bits per heavy atom. The van der Waals surface area contributed by atoms with Crippen LogP contribution in [0.2, 0.25) is 0 Å². The molecular weight excluding hydrogens is 384 g/mol. The van der Waals surface area contributed by atoms with Gasteiger partial charge in [0, 0.05) is 29.2 Å². The van der Waals surface area contributed by atoms with Crippen LogP contribution in [0.4, 0.5) is 5.69 Å². The van der Waals surface area contributed by atoms with Gasteiger partial charge in [-0.3, -0.25) is 4.79 Å². The minimum Gasteiger partial charge on any atom is -0.508 e. The molecule has 0 radical (unpaired) electrons. The van der Waals surface area contributed by atoms with Crippen LogP contribution in [0, 0.1) is 0 Å². The molecule has 0 aromatic heterocycles. The Labute approximate surface area is 142 Å². The van der Waals surface area contributed by atoms with Crippen molar-refractivity contribution in [1.29, 1.82) is 0 Å². The first-order chi connectivity index (χ1) is 10.9. The number of hydrogen-bond donors (Lipinski definition) is 3. The molecule has 0 aliphatic heterocycles. The molecule has 0 aliphatic carbocycles. The smallest absolute Gasteiger partial charge is 0.240 e. The number of nitrogens with one attached hydrogen (secondary N) is 2. The summed E-state index contributed by atoms with van der Waals surface area (Å²) in [6.07, 6.45) is -0.0249. The number of amides is 1. The molecule has 0 saturated heterocycles. The zero-order valence-electron chi connectivity index (χ0n) is 12.0. The van der Waals surface area contributed by atoms with E-state index in [9.17, 15) is 18.3 Å². The van der Waals surface area contributed by atoms with Gasteiger partial charge in [0.05, 0.1) is 4.90 Å². The lowest BCUT2D eigenvalue weighted by Gasteiger charge is -2.08. The Bertz CT molecular complexity index is 809. The van der Waals surface area contributed by atoms with Gasteiger partial charge in [-0.2, -0.15) is 0 Å². The number of carbonyl (C=O) groups excluding carboxylic acids is 1. The Kier molecular flexibility index (Phi) is 5.75. The van der Waals surface area contributed by atoms with Crippen molar-refractivity contribution >= 4 is 37.5 Å². The van der Waals surface area contributed by atoms with E-state index in [2.05, 4.69) is 26.0 Å². The highest BCUT2D eigenvalue weighted by Crippen LogP contribution is 2.16. The van der Waals surface area contributed by atoms with Crippen molar-refractivity contribution in [1.82, 2.24) is 4.72 Å². The summed E-state index contributed by atoms with van der Waals surface area (Å²) in [7, 11) is -3.66. The molecule has 8 heteroatoms. The second kappa shape index (κ2) is 7.58. The topological polar surface area (TPSA) is 95.5 Å². The number of hydrogen-bond acceptors (Lipinski definition) is 4. The second-order valence-corrected chi connectivity index (χ2v) is 7.39. The van der Waals surface area contributed by atoms with Crippen molar-refractivity contribution in [3.8, 4) is 5.75 Å². The van der Waals surface area contributed by atoms with Crippen molar-refractivity contribution in [3.63, 3.8) is 0 Å². The summed E-state index contributed by atoms with van der Waals surface area (Å²) in [4.78, 5) is 11.9. The van der Waals surface area contributed by atoms with E-state index >= 15 is 0 Å². The molecule has 0 fully saturated rings. The molecule has 0 unspecified atom stereocenters. The molecule has 0 spiro atoms.